The molecule has 104 valence electrons. The normalized spacial score (nSPS) is 35.1. The van der Waals surface area contributed by atoms with Crippen molar-refractivity contribution in [2.45, 2.75) is 24.0 Å². The molecule has 2 aliphatic rings. The molecular weight excluding hydrogens is 242 g/mol. The quantitative estimate of drug-likeness (QED) is 0.872. The van der Waals surface area contributed by atoms with Crippen LogP contribution in [0.2, 0.25) is 0 Å². The molecule has 0 radical (unpaired) electrons. The number of aliphatic hydroxyl groups excluding tert-OH is 1. The Morgan fingerprint density at radius 2 is 2.32 bits per heavy atom. The van der Waals surface area contributed by atoms with Crippen molar-refractivity contribution in [3.05, 3.63) is 29.8 Å². The number of β-amino-alcohol motifs (C(OH)–C–C–N with tert-alkyl or cyclic N) is 1. The van der Waals surface area contributed by atoms with Crippen LogP contribution < -0.4 is 4.74 Å². The second-order valence-electron chi connectivity index (χ2n) is 5.77. The number of hydrogen-bond acceptors (Lipinski definition) is 4. The fourth-order valence-electron chi connectivity index (χ4n) is 3.34. The van der Waals surface area contributed by atoms with Gasteiger partial charge in [-0.15, -0.1) is 0 Å². The highest BCUT2D eigenvalue weighted by Crippen LogP contribution is 2.42. The maximum absolute atomic E-state index is 10.2. The summed E-state index contributed by atoms with van der Waals surface area (Å²) in [6.45, 7) is 2.19. The standard InChI is InChI=1S/C15H21NO3/c1-16-8-14(17)15(10-16)7-12(9-19-15)11-4-3-5-13(6-11)18-2/h3-6,12,14,17H,7-10H2,1-2H3/t12-,14-,15-/m1/s1. The van der Waals surface area contributed by atoms with Gasteiger partial charge in [-0.05, 0) is 31.2 Å². The maximum Gasteiger partial charge on any atom is 0.119 e. The van der Waals surface area contributed by atoms with Crippen LogP contribution in [0.4, 0.5) is 0 Å². The third kappa shape index (κ3) is 2.24. The Hall–Kier alpha value is -1.10. The largest absolute Gasteiger partial charge is 0.497 e. The van der Waals surface area contributed by atoms with Crippen LogP contribution in [0.1, 0.15) is 17.9 Å². The van der Waals surface area contributed by atoms with Crippen molar-refractivity contribution in [1.82, 2.24) is 4.90 Å². The van der Waals surface area contributed by atoms with E-state index in [1.165, 1.54) is 5.56 Å². The lowest BCUT2D eigenvalue weighted by atomic mass is 9.87. The van der Waals surface area contributed by atoms with Crippen molar-refractivity contribution < 1.29 is 14.6 Å². The van der Waals surface area contributed by atoms with E-state index in [1.54, 1.807) is 7.11 Å². The van der Waals surface area contributed by atoms with Crippen molar-refractivity contribution in [3.63, 3.8) is 0 Å². The first-order valence-corrected chi connectivity index (χ1v) is 6.77. The zero-order valence-electron chi connectivity index (χ0n) is 11.5. The molecule has 3 rings (SSSR count). The second kappa shape index (κ2) is 4.78. The van der Waals surface area contributed by atoms with Gasteiger partial charge < -0.3 is 19.5 Å². The van der Waals surface area contributed by atoms with Crippen molar-refractivity contribution in [1.29, 1.82) is 0 Å². The summed E-state index contributed by atoms with van der Waals surface area (Å²) < 4.78 is 11.3. The molecule has 19 heavy (non-hydrogen) atoms. The monoisotopic (exact) mass is 263 g/mol. The predicted octanol–water partition coefficient (Wildman–Crippen LogP) is 1.24. The lowest BCUT2D eigenvalue weighted by molar-refractivity contribution is -0.0591. The minimum absolute atomic E-state index is 0.344. The molecule has 1 aromatic carbocycles. The number of methoxy groups -OCH3 is 1. The molecule has 0 amide bonds. The summed E-state index contributed by atoms with van der Waals surface area (Å²) in [5.74, 6) is 1.22. The van der Waals surface area contributed by atoms with Gasteiger partial charge in [0.05, 0.1) is 19.8 Å². The summed E-state index contributed by atoms with van der Waals surface area (Å²) in [5.41, 5.74) is 0.862. The summed E-state index contributed by atoms with van der Waals surface area (Å²) in [6, 6.07) is 8.14. The maximum atomic E-state index is 10.2. The fourth-order valence-corrected chi connectivity index (χ4v) is 3.34. The van der Waals surface area contributed by atoms with E-state index < -0.39 is 0 Å². The van der Waals surface area contributed by atoms with E-state index in [-0.39, 0.29) is 11.7 Å². The summed E-state index contributed by atoms with van der Waals surface area (Å²) in [5, 5.41) is 10.2. The second-order valence-corrected chi connectivity index (χ2v) is 5.77. The van der Waals surface area contributed by atoms with Gasteiger partial charge in [-0.25, -0.2) is 0 Å². The van der Waals surface area contributed by atoms with Gasteiger partial charge in [0.1, 0.15) is 11.4 Å². The molecule has 3 atom stereocenters. The number of aliphatic hydroxyl groups is 1. The molecule has 0 aromatic heterocycles. The zero-order chi connectivity index (χ0) is 13.5. The van der Waals surface area contributed by atoms with E-state index in [0.29, 0.717) is 19.1 Å². The van der Waals surface area contributed by atoms with Gasteiger partial charge >= 0.3 is 0 Å². The number of hydrogen-bond donors (Lipinski definition) is 1. The molecule has 0 saturated carbocycles. The average Bonchev–Trinajstić information content (AvgIpc) is 2.95. The van der Waals surface area contributed by atoms with E-state index in [0.717, 1.165) is 18.7 Å². The minimum atomic E-state index is -0.381. The molecule has 0 unspecified atom stereocenters. The van der Waals surface area contributed by atoms with E-state index in [2.05, 4.69) is 17.0 Å². The smallest absolute Gasteiger partial charge is 0.119 e. The molecule has 1 N–H and O–H groups in total. The van der Waals surface area contributed by atoms with Gasteiger partial charge in [-0.3, -0.25) is 0 Å². The lowest BCUT2D eigenvalue weighted by Crippen LogP contribution is -2.40. The molecular formula is C15H21NO3. The van der Waals surface area contributed by atoms with Crippen LogP contribution >= 0.6 is 0 Å². The highest BCUT2D eigenvalue weighted by molar-refractivity contribution is 5.32. The third-order valence-electron chi connectivity index (χ3n) is 4.36. The molecule has 2 fully saturated rings. The summed E-state index contributed by atoms with van der Waals surface area (Å²) in [7, 11) is 3.71. The van der Waals surface area contributed by atoms with E-state index in [1.807, 2.05) is 19.2 Å². The van der Waals surface area contributed by atoms with Gasteiger partial charge in [0.25, 0.3) is 0 Å². The Morgan fingerprint density at radius 3 is 3.00 bits per heavy atom. The number of likely N-dealkylation sites (N-methyl/N-ethyl adjacent to an activating group) is 1. The predicted molar refractivity (Wildman–Crippen MR) is 72.5 cm³/mol. The van der Waals surface area contributed by atoms with Gasteiger partial charge in [0, 0.05) is 19.0 Å². The topological polar surface area (TPSA) is 41.9 Å². The molecule has 2 aliphatic heterocycles. The Bertz CT molecular complexity index is 464. The van der Waals surface area contributed by atoms with E-state index in [4.69, 9.17) is 9.47 Å². The van der Waals surface area contributed by atoms with E-state index >= 15 is 0 Å². The fraction of sp³-hybridized carbons (Fsp3) is 0.600. The first-order valence-electron chi connectivity index (χ1n) is 6.77. The van der Waals surface area contributed by atoms with Gasteiger partial charge in [-0.1, -0.05) is 12.1 Å². The molecule has 2 heterocycles. The Morgan fingerprint density at radius 1 is 1.47 bits per heavy atom. The highest BCUT2D eigenvalue weighted by Gasteiger charge is 2.51. The lowest BCUT2D eigenvalue weighted by Gasteiger charge is -2.25. The van der Waals surface area contributed by atoms with Crippen LogP contribution in [0.5, 0.6) is 5.75 Å². The first kappa shape index (κ1) is 12.9. The summed E-state index contributed by atoms with van der Waals surface area (Å²) in [6.07, 6.45) is 0.499. The number of likely N-dealkylation sites (tertiary alicyclic amines) is 1. The Kier molecular flexibility index (Phi) is 3.25. The van der Waals surface area contributed by atoms with E-state index in [9.17, 15) is 5.11 Å². The van der Waals surface area contributed by atoms with Gasteiger partial charge in [0.15, 0.2) is 0 Å². The van der Waals surface area contributed by atoms with Crippen molar-refractivity contribution in [2.24, 2.45) is 0 Å². The number of benzene rings is 1. The minimum Gasteiger partial charge on any atom is -0.497 e. The van der Waals surface area contributed by atoms with Gasteiger partial charge in [-0.2, -0.15) is 0 Å². The SMILES string of the molecule is COc1cccc([C@H]2CO[C@]3(C2)CN(C)C[C@H]3O)c1. The third-order valence-corrected chi connectivity index (χ3v) is 4.36. The Balaban J connectivity index is 1.78. The molecule has 0 aliphatic carbocycles. The Labute approximate surface area is 113 Å². The van der Waals surface area contributed by atoms with Crippen LogP contribution in [-0.4, -0.2) is 55.6 Å². The van der Waals surface area contributed by atoms with Crippen molar-refractivity contribution in [3.8, 4) is 5.75 Å². The summed E-state index contributed by atoms with van der Waals surface area (Å²) in [4.78, 5) is 2.14. The zero-order valence-corrected chi connectivity index (χ0v) is 11.5. The molecule has 0 bridgehead atoms. The van der Waals surface area contributed by atoms with Gasteiger partial charge in [0.2, 0.25) is 0 Å². The number of ether oxygens (including phenoxy) is 2. The highest BCUT2D eigenvalue weighted by atomic mass is 16.5. The molecule has 1 aromatic rings. The molecule has 2 saturated heterocycles. The average molecular weight is 263 g/mol. The summed E-state index contributed by atoms with van der Waals surface area (Å²) >= 11 is 0. The van der Waals surface area contributed by atoms with Crippen molar-refractivity contribution in [2.75, 3.05) is 33.9 Å². The van der Waals surface area contributed by atoms with Crippen LogP contribution in [0, 0.1) is 0 Å². The van der Waals surface area contributed by atoms with Crippen LogP contribution in [0.15, 0.2) is 24.3 Å². The van der Waals surface area contributed by atoms with Crippen LogP contribution in [-0.2, 0) is 4.74 Å². The van der Waals surface area contributed by atoms with Crippen molar-refractivity contribution >= 4 is 0 Å². The van der Waals surface area contributed by atoms with Crippen LogP contribution in [0.25, 0.3) is 0 Å². The van der Waals surface area contributed by atoms with Crippen LogP contribution in [0.3, 0.4) is 0 Å². The number of nitrogens with zero attached hydrogens (tertiary/aromatic N) is 1. The molecule has 4 heteroatoms. The first-order chi connectivity index (χ1) is 9.13. The molecule has 1 spiro atoms. The number of rotatable bonds is 2. The molecule has 4 nitrogen and oxygen atoms in total.